The van der Waals surface area contributed by atoms with Crippen molar-refractivity contribution in [2.45, 2.75) is 38.7 Å². The molecule has 1 unspecified atom stereocenters. The molecule has 1 aliphatic carbocycles. The summed E-state index contributed by atoms with van der Waals surface area (Å²) in [5, 5.41) is 15.5. The van der Waals surface area contributed by atoms with Crippen LogP contribution in [0.25, 0.3) is 0 Å². The lowest BCUT2D eigenvalue weighted by Crippen LogP contribution is -2.42. The van der Waals surface area contributed by atoms with E-state index < -0.39 is 6.10 Å². The number of carbonyl (C=O) groups is 1. The Morgan fingerprint density at radius 3 is 2.60 bits per heavy atom. The monoisotopic (exact) mass is 276 g/mol. The van der Waals surface area contributed by atoms with Gasteiger partial charge in [-0.15, -0.1) is 0 Å². The number of aliphatic hydroxyl groups excluding tert-OH is 1. The number of amides is 2. The van der Waals surface area contributed by atoms with E-state index in [0.717, 1.165) is 18.5 Å². The third kappa shape index (κ3) is 4.53. The van der Waals surface area contributed by atoms with Gasteiger partial charge >= 0.3 is 6.03 Å². The molecule has 2 rings (SSSR count). The van der Waals surface area contributed by atoms with Crippen molar-refractivity contribution >= 4 is 6.03 Å². The molecule has 1 fully saturated rings. The molecule has 0 radical (unpaired) electrons. The van der Waals surface area contributed by atoms with E-state index in [-0.39, 0.29) is 12.6 Å². The first kappa shape index (κ1) is 14.9. The van der Waals surface area contributed by atoms with Gasteiger partial charge in [-0.05, 0) is 30.2 Å². The quantitative estimate of drug-likeness (QED) is 0.714. The van der Waals surface area contributed by atoms with Gasteiger partial charge in [-0.1, -0.05) is 37.3 Å². The van der Waals surface area contributed by atoms with Crippen molar-refractivity contribution in [3.8, 4) is 0 Å². The van der Waals surface area contributed by atoms with Crippen LogP contribution < -0.4 is 10.6 Å². The molecule has 20 heavy (non-hydrogen) atoms. The lowest BCUT2D eigenvalue weighted by Gasteiger charge is -2.16. The number of benzene rings is 1. The summed E-state index contributed by atoms with van der Waals surface area (Å²) in [6.45, 7) is 3.18. The fourth-order valence-corrected chi connectivity index (χ4v) is 2.33. The van der Waals surface area contributed by atoms with Gasteiger partial charge in [0.25, 0.3) is 0 Å². The molecule has 0 saturated heterocycles. The summed E-state index contributed by atoms with van der Waals surface area (Å²) in [7, 11) is 0. The van der Waals surface area contributed by atoms with Crippen LogP contribution in [0.5, 0.6) is 0 Å². The van der Waals surface area contributed by atoms with Crippen LogP contribution in [0.2, 0.25) is 0 Å². The Morgan fingerprint density at radius 1 is 1.30 bits per heavy atom. The largest absolute Gasteiger partial charge is 0.391 e. The maximum Gasteiger partial charge on any atom is 0.314 e. The summed E-state index contributed by atoms with van der Waals surface area (Å²) in [6.07, 6.45) is 3.54. The Balaban J connectivity index is 1.63. The molecule has 0 spiro atoms. The highest BCUT2D eigenvalue weighted by Gasteiger charge is 2.40. The van der Waals surface area contributed by atoms with Gasteiger partial charge in [-0.2, -0.15) is 0 Å². The van der Waals surface area contributed by atoms with Crippen LogP contribution in [0.1, 0.15) is 31.7 Å². The Labute approximate surface area is 120 Å². The van der Waals surface area contributed by atoms with Crippen molar-refractivity contribution in [2.75, 3.05) is 13.1 Å². The molecule has 1 aliphatic rings. The molecule has 4 heteroatoms. The van der Waals surface area contributed by atoms with Crippen LogP contribution in [0.3, 0.4) is 0 Å². The zero-order valence-corrected chi connectivity index (χ0v) is 12.1. The Morgan fingerprint density at radius 2 is 2.00 bits per heavy atom. The van der Waals surface area contributed by atoms with Gasteiger partial charge in [0.05, 0.1) is 6.10 Å². The third-order valence-electron chi connectivity index (χ3n) is 4.14. The number of urea groups is 1. The Kier molecular flexibility index (Phi) is 5.01. The van der Waals surface area contributed by atoms with Gasteiger partial charge in [0.15, 0.2) is 0 Å². The number of rotatable bonds is 7. The molecule has 1 aromatic carbocycles. The van der Waals surface area contributed by atoms with E-state index in [1.165, 1.54) is 12.8 Å². The molecule has 4 nitrogen and oxygen atoms in total. The summed E-state index contributed by atoms with van der Waals surface area (Å²) in [6, 6.07) is 9.60. The summed E-state index contributed by atoms with van der Waals surface area (Å²) < 4.78 is 0. The smallest absolute Gasteiger partial charge is 0.314 e. The lowest BCUT2D eigenvalue weighted by molar-refractivity contribution is 0.170. The van der Waals surface area contributed by atoms with Crippen LogP contribution in [0.15, 0.2) is 30.3 Å². The Bertz CT molecular complexity index is 429. The van der Waals surface area contributed by atoms with Crippen LogP contribution >= 0.6 is 0 Å². The highest BCUT2D eigenvalue weighted by atomic mass is 16.3. The molecule has 2 amide bonds. The maximum absolute atomic E-state index is 11.7. The van der Waals surface area contributed by atoms with Gasteiger partial charge in [0, 0.05) is 19.5 Å². The van der Waals surface area contributed by atoms with Crippen molar-refractivity contribution in [1.29, 1.82) is 0 Å². The molecule has 0 heterocycles. The van der Waals surface area contributed by atoms with Gasteiger partial charge in [0.1, 0.15) is 0 Å². The van der Waals surface area contributed by atoms with Gasteiger partial charge in [0.2, 0.25) is 0 Å². The molecule has 1 atom stereocenters. The summed E-state index contributed by atoms with van der Waals surface area (Å²) >= 11 is 0. The van der Waals surface area contributed by atoms with Crippen molar-refractivity contribution in [2.24, 2.45) is 5.41 Å². The second-order valence-corrected chi connectivity index (χ2v) is 5.76. The molecule has 0 aliphatic heterocycles. The van der Waals surface area contributed by atoms with E-state index in [2.05, 4.69) is 17.6 Å². The summed E-state index contributed by atoms with van der Waals surface area (Å²) in [4.78, 5) is 11.7. The van der Waals surface area contributed by atoms with Crippen LogP contribution in [-0.2, 0) is 6.42 Å². The second kappa shape index (κ2) is 6.75. The molecule has 3 N–H and O–H groups in total. The minimum Gasteiger partial charge on any atom is -0.391 e. The highest BCUT2D eigenvalue weighted by Crippen LogP contribution is 2.47. The molecular weight excluding hydrogens is 252 g/mol. The second-order valence-electron chi connectivity index (χ2n) is 5.76. The van der Waals surface area contributed by atoms with Crippen molar-refractivity contribution < 1.29 is 9.90 Å². The molecule has 0 aromatic heterocycles. The lowest BCUT2D eigenvalue weighted by atomic mass is 10.0. The zero-order chi connectivity index (χ0) is 14.4. The standard InChI is InChI=1S/C16H24N2O2/c1-2-16(8-9-16)12-18-15(20)17-11-14(19)10-13-6-4-3-5-7-13/h3-7,14,19H,2,8-12H2,1H3,(H2,17,18,20). The fourth-order valence-electron chi connectivity index (χ4n) is 2.33. The minimum atomic E-state index is -0.552. The molecule has 0 bridgehead atoms. The highest BCUT2D eigenvalue weighted by molar-refractivity contribution is 5.73. The van der Waals surface area contributed by atoms with Crippen molar-refractivity contribution in [3.63, 3.8) is 0 Å². The first-order chi connectivity index (χ1) is 9.63. The predicted molar refractivity (Wildman–Crippen MR) is 79.5 cm³/mol. The zero-order valence-electron chi connectivity index (χ0n) is 12.1. The molecule has 110 valence electrons. The number of hydrogen-bond acceptors (Lipinski definition) is 2. The first-order valence-corrected chi connectivity index (χ1v) is 7.37. The topological polar surface area (TPSA) is 61.4 Å². The number of hydrogen-bond donors (Lipinski definition) is 3. The number of aliphatic hydroxyl groups is 1. The average Bonchev–Trinajstić information content (AvgIpc) is 3.25. The summed E-state index contributed by atoms with van der Waals surface area (Å²) in [5.74, 6) is 0. The minimum absolute atomic E-state index is 0.183. The van der Waals surface area contributed by atoms with Crippen LogP contribution in [0, 0.1) is 5.41 Å². The van der Waals surface area contributed by atoms with E-state index in [4.69, 9.17) is 0 Å². The van der Waals surface area contributed by atoms with Gasteiger partial charge < -0.3 is 15.7 Å². The maximum atomic E-state index is 11.7. The van der Waals surface area contributed by atoms with E-state index >= 15 is 0 Å². The Hall–Kier alpha value is -1.55. The molecule has 1 aromatic rings. The van der Waals surface area contributed by atoms with Gasteiger partial charge in [-0.3, -0.25) is 0 Å². The first-order valence-electron chi connectivity index (χ1n) is 7.37. The van der Waals surface area contributed by atoms with E-state index in [1.807, 2.05) is 30.3 Å². The van der Waals surface area contributed by atoms with Crippen LogP contribution in [0.4, 0.5) is 4.79 Å². The fraction of sp³-hybridized carbons (Fsp3) is 0.562. The van der Waals surface area contributed by atoms with E-state index in [0.29, 0.717) is 11.8 Å². The summed E-state index contributed by atoms with van der Waals surface area (Å²) in [5.41, 5.74) is 1.42. The third-order valence-corrected chi connectivity index (χ3v) is 4.14. The number of carbonyl (C=O) groups excluding carboxylic acids is 1. The normalized spacial score (nSPS) is 17.3. The average molecular weight is 276 g/mol. The van der Waals surface area contributed by atoms with Crippen LogP contribution in [-0.4, -0.2) is 30.3 Å². The van der Waals surface area contributed by atoms with E-state index in [1.54, 1.807) is 0 Å². The van der Waals surface area contributed by atoms with Gasteiger partial charge in [-0.25, -0.2) is 4.79 Å². The molecular formula is C16H24N2O2. The molecule has 1 saturated carbocycles. The van der Waals surface area contributed by atoms with Crippen molar-refractivity contribution in [1.82, 2.24) is 10.6 Å². The predicted octanol–water partition coefficient (Wildman–Crippen LogP) is 2.08. The van der Waals surface area contributed by atoms with E-state index in [9.17, 15) is 9.90 Å². The van der Waals surface area contributed by atoms with Crippen molar-refractivity contribution in [3.05, 3.63) is 35.9 Å². The SMILES string of the molecule is CCC1(CNC(=O)NCC(O)Cc2ccccc2)CC1. The number of nitrogens with one attached hydrogen (secondary N) is 2.